The van der Waals surface area contributed by atoms with E-state index in [1.807, 2.05) is 12.1 Å². The van der Waals surface area contributed by atoms with Crippen molar-refractivity contribution in [3.05, 3.63) is 29.8 Å². The minimum atomic E-state index is 0.0739. The summed E-state index contributed by atoms with van der Waals surface area (Å²) in [6, 6.07) is 8.28. The highest BCUT2D eigenvalue weighted by Crippen LogP contribution is 2.31. The monoisotopic (exact) mass is 248 g/mol. The summed E-state index contributed by atoms with van der Waals surface area (Å²) < 4.78 is 5.28. The van der Waals surface area contributed by atoms with Crippen LogP contribution in [0.3, 0.4) is 0 Å². The summed E-state index contributed by atoms with van der Waals surface area (Å²) in [5, 5.41) is 3.50. The van der Waals surface area contributed by atoms with Gasteiger partial charge in [-0.25, -0.2) is 0 Å². The lowest BCUT2D eigenvalue weighted by Gasteiger charge is -2.27. The molecule has 0 radical (unpaired) electrons. The van der Waals surface area contributed by atoms with Gasteiger partial charge in [-0.05, 0) is 30.5 Å². The number of nitrogens with one attached hydrogen (secondary N) is 1. The van der Waals surface area contributed by atoms with Crippen molar-refractivity contribution in [3.8, 4) is 5.75 Å². The molecule has 1 saturated carbocycles. The maximum absolute atomic E-state index is 6.08. The number of hydrogen-bond donors (Lipinski definition) is 2. The molecule has 3 heteroatoms. The van der Waals surface area contributed by atoms with E-state index in [9.17, 15) is 0 Å². The minimum Gasteiger partial charge on any atom is -0.497 e. The van der Waals surface area contributed by atoms with Gasteiger partial charge < -0.3 is 15.8 Å². The van der Waals surface area contributed by atoms with Crippen molar-refractivity contribution in [1.29, 1.82) is 0 Å². The molecule has 100 valence electrons. The minimum absolute atomic E-state index is 0.0739. The van der Waals surface area contributed by atoms with Crippen LogP contribution in [0.15, 0.2) is 24.3 Å². The molecule has 3 nitrogen and oxygen atoms in total. The summed E-state index contributed by atoms with van der Waals surface area (Å²) in [7, 11) is 1.70. The van der Waals surface area contributed by atoms with Crippen molar-refractivity contribution in [1.82, 2.24) is 5.32 Å². The summed E-state index contributed by atoms with van der Waals surface area (Å²) in [6.07, 6.45) is 2.30. The van der Waals surface area contributed by atoms with Gasteiger partial charge >= 0.3 is 0 Å². The third kappa shape index (κ3) is 3.24. The lowest BCUT2D eigenvalue weighted by molar-refractivity contribution is 0.409. The largest absolute Gasteiger partial charge is 0.497 e. The van der Waals surface area contributed by atoms with E-state index >= 15 is 0 Å². The molecular formula is C15H24N2O. The highest BCUT2D eigenvalue weighted by atomic mass is 16.5. The van der Waals surface area contributed by atoms with Crippen LogP contribution < -0.4 is 15.8 Å². The SMILES string of the molecule is COc1cccc(C(C)(C)CNCC2(N)CC2)c1. The van der Waals surface area contributed by atoms with E-state index in [1.165, 1.54) is 5.56 Å². The van der Waals surface area contributed by atoms with Crippen molar-refractivity contribution in [2.75, 3.05) is 20.2 Å². The first-order valence-corrected chi connectivity index (χ1v) is 6.59. The topological polar surface area (TPSA) is 47.3 Å². The third-order valence-electron chi connectivity index (χ3n) is 3.79. The Morgan fingerprint density at radius 1 is 1.39 bits per heavy atom. The Labute approximate surface area is 110 Å². The fraction of sp³-hybridized carbons (Fsp3) is 0.600. The standard InChI is InChI=1S/C15H24N2O/c1-14(2,10-17-11-15(16)7-8-15)12-5-4-6-13(9-12)18-3/h4-6,9,17H,7-8,10-11,16H2,1-3H3. The lowest BCUT2D eigenvalue weighted by atomic mass is 9.84. The molecule has 0 spiro atoms. The van der Waals surface area contributed by atoms with Crippen LogP contribution in [0.4, 0.5) is 0 Å². The van der Waals surface area contributed by atoms with Crippen LogP contribution in [-0.4, -0.2) is 25.7 Å². The number of ether oxygens (including phenoxy) is 1. The number of methoxy groups -OCH3 is 1. The second-order valence-electron chi connectivity index (χ2n) is 6.08. The van der Waals surface area contributed by atoms with Gasteiger partial charge in [0.2, 0.25) is 0 Å². The zero-order valence-electron chi connectivity index (χ0n) is 11.6. The fourth-order valence-corrected chi connectivity index (χ4v) is 2.11. The molecule has 0 atom stereocenters. The molecule has 1 aliphatic carbocycles. The Kier molecular flexibility index (Phi) is 3.64. The Hall–Kier alpha value is -1.06. The predicted octanol–water partition coefficient (Wildman–Crippen LogP) is 2.05. The summed E-state index contributed by atoms with van der Waals surface area (Å²) >= 11 is 0. The average Bonchev–Trinajstić information content (AvgIpc) is 3.07. The molecule has 2 rings (SSSR count). The highest BCUT2D eigenvalue weighted by Gasteiger charge is 2.37. The van der Waals surface area contributed by atoms with Gasteiger partial charge in [-0.15, -0.1) is 0 Å². The summed E-state index contributed by atoms with van der Waals surface area (Å²) in [5.41, 5.74) is 7.52. The van der Waals surface area contributed by atoms with Crippen LogP contribution >= 0.6 is 0 Å². The van der Waals surface area contributed by atoms with Gasteiger partial charge in [-0.1, -0.05) is 26.0 Å². The smallest absolute Gasteiger partial charge is 0.119 e. The molecule has 0 amide bonds. The lowest BCUT2D eigenvalue weighted by Crippen LogP contribution is -2.41. The Morgan fingerprint density at radius 3 is 2.72 bits per heavy atom. The third-order valence-corrected chi connectivity index (χ3v) is 3.79. The molecule has 18 heavy (non-hydrogen) atoms. The number of benzene rings is 1. The van der Waals surface area contributed by atoms with Crippen molar-refractivity contribution in [2.45, 2.75) is 37.6 Å². The molecule has 1 aromatic carbocycles. The number of hydrogen-bond acceptors (Lipinski definition) is 3. The molecular weight excluding hydrogens is 224 g/mol. The molecule has 3 N–H and O–H groups in total. The summed E-state index contributed by atoms with van der Waals surface area (Å²) in [4.78, 5) is 0. The Bertz CT molecular complexity index is 411. The van der Waals surface area contributed by atoms with E-state index < -0.39 is 0 Å². The van der Waals surface area contributed by atoms with E-state index in [0.29, 0.717) is 0 Å². The summed E-state index contributed by atoms with van der Waals surface area (Å²) in [5.74, 6) is 0.915. The predicted molar refractivity (Wildman–Crippen MR) is 75.0 cm³/mol. The second kappa shape index (κ2) is 4.90. The molecule has 0 aliphatic heterocycles. The van der Waals surface area contributed by atoms with Gasteiger partial charge in [-0.2, -0.15) is 0 Å². The maximum Gasteiger partial charge on any atom is 0.119 e. The molecule has 0 aromatic heterocycles. The molecule has 0 saturated heterocycles. The molecule has 1 fully saturated rings. The van der Waals surface area contributed by atoms with E-state index in [1.54, 1.807) is 7.11 Å². The van der Waals surface area contributed by atoms with Crippen molar-refractivity contribution in [3.63, 3.8) is 0 Å². The van der Waals surface area contributed by atoms with Gasteiger partial charge in [0.25, 0.3) is 0 Å². The van der Waals surface area contributed by atoms with Gasteiger partial charge in [0.1, 0.15) is 5.75 Å². The van der Waals surface area contributed by atoms with E-state index in [0.717, 1.165) is 31.7 Å². The van der Waals surface area contributed by atoms with Crippen LogP contribution in [-0.2, 0) is 5.41 Å². The normalized spacial score (nSPS) is 17.6. The molecule has 0 heterocycles. The highest BCUT2D eigenvalue weighted by molar-refractivity contribution is 5.33. The van der Waals surface area contributed by atoms with Gasteiger partial charge in [0.05, 0.1) is 7.11 Å². The first kappa shape index (κ1) is 13.4. The van der Waals surface area contributed by atoms with Crippen molar-refractivity contribution >= 4 is 0 Å². The van der Waals surface area contributed by atoms with Gasteiger partial charge in [0, 0.05) is 24.0 Å². The second-order valence-corrected chi connectivity index (χ2v) is 6.08. The van der Waals surface area contributed by atoms with Crippen LogP contribution in [0.2, 0.25) is 0 Å². The number of nitrogens with two attached hydrogens (primary N) is 1. The average molecular weight is 248 g/mol. The van der Waals surface area contributed by atoms with Crippen LogP contribution in [0.25, 0.3) is 0 Å². The molecule has 1 aliphatic rings. The summed E-state index contributed by atoms with van der Waals surface area (Å²) in [6.45, 7) is 6.33. The Balaban J connectivity index is 1.95. The maximum atomic E-state index is 6.08. The van der Waals surface area contributed by atoms with Crippen molar-refractivity contribution in [2.24, 2.45) is 5.73 Å². The fourth-order valence-electron chi connectivity index (χ4n) is 2.11. The Morgan fingerprint density at radius 2 is 2.11 bits per heavy atom. The first-order chi connectivity index (χ1) is 8.45. The zero-order chi connectivity index (χ0) is 13.2. The van der Waals surface area contributed by atoms with Crippen molar-refractivity contribution < 1.29 is 4.74 Å². The van der Waals surface area contributed by atoms with Crippen LogP contribution in [0.1, 0.15) is 32.3 Å². The van der Waals surface area contributed by atoms with Crippen LogP contribution in [0, 0.1) is 0 Å². The quantitative estimate of drug-likeness (QED) is 0.810. The van der Waals surface area contributed by atoms with E-state index in [2.05, 4.69) is 31.3 Å². The molecule has 1 aromatic rings. The number of rotatable bonds is 6. The first-order valence-electron chi connectivity index (χ1n) is 6.59. The molecule has 0 bridgehead atoms. The van der Waals surface area contributed by atoms with Gasteiger partial charge in [-0.3, -0.25) is 0 Å². The zero-order valence-corrected chi connectivity index (χ0v) is 11.6. The van der Waals surface area contributed by atoms with E-state index in [4.69, 9.17) is 10.5 Å². The van der Waals surface area contributed by atoms with E-state index in [-0.39, 0.29) is 11.0 Å². The molecule has 0 unspecified atom stereocenters. The van der Waals surface area contributed by atoms with Crippen LogP contribution in [0.5, 0.6) is 5.75 Å². The van der Waals surface area contributed by atoms with Gasteiger partial charge in [0.15, 0.2) is 0 Å².